The first-order chi connectivity index (χ1) is 9.31. The minimum Gasteiger partial charge on any atom is -0.370 e. The molecule has 0 radical (unpaired) electrons. The maximum absolute atomic E-state index is 5.94. The Bertz CT molecular complexity index is 310. The highest BCUT2D eigenvalue weighted by Crippen LogP contribution is 2.23. The zero-order chi connectivity index (χ0) is 15.2. The van der Waals surface area contributed by atoms with Crippen molar-refractivity contribution in [3.63, 3.8) is 0 Å². The van der Waals surface area contributed by atoms with Gasteiger partial charge in [-0.15, -0.1) is 0 Å². The van der Waals surface area contributed by atoms with Crippen LogP contribution in [0.4, 0.5) is 0 Å². The Morgan fingerprint density at radius 1 is 1.45 bits per heavy atom. The largest absolute Gasteiger partial charge is 0.370 e. The normalized spacial score (nSPS) is 22.3. The summed E-state index contributed by atoms with van der Waals surface area (Å²) in [4.78, 5) is 7.10. The summed E-state index contributed by atoms with van der Waals surface area (Å²) in [7, 11) is 0. The van der Waals surface area contributed by atoms with Crippen molar-refractivity contribution in [2.45, 2.75) is 59.4 Å². The van der Waals surface area contributed by atoms with Crippen molar-refractivity contribution in [1.29, 1.82) is 0 Å². The molecule has 1 aliphatic rings. The van der Waals surface area contributed by atoms with Gasteiger partial charge in [-0.2, -0.15) is 0 Å². The fourth-order valence-electron chi connectivity index (χ4n) is 2.66. The van der Waals surface area contributed by atoms with Crippen molar-refractivity contribution in [1.82, 2.24) is 10.2 Å². The second-order valence-corrected chi connectivity index (χ2v) is 7.32. The Morgan fingerprint density at radius 2 is 2.15 bits per heavy atom. The molecule has 0 aromatic carbocycles. The molecular formula is C16H34N4. The molecule has 0 spiro atoms. The quantitative estimate of drug-likeness (QED) is 0.581. The number of likely N-dealkylation sites (tertiary alicyclic amines) is 1. The number of guanidine groups is 1. The van der Waals surface area contributed by atoms with E-state index in [2.05, 4.69) is 49.8 Å². The van der Waals surface area contributed by atoms with Gasteiger partial charge in [0.25, 0.3) is 0 Å². The minimum atomic E-state index is 0.0963. The van der Waals surface area contributed by atoms with E-state index in [1.807, 2.05) is 0 Å². The van der Waals surface area contributed by atoms with E-state index >= 15 is 0 Å². The van der Waals surface area contributed by atoms with Gasteiger partial charge in [0.05, 0.1) is 6.54 Å². The van der Waals surface area contributed by atoms with Gasteiger partial charge in [0, 0.05) is 18.6 Å². The van der Waals surface area contributed by atoms with Crippen LogP contribution in [-0.4, -0.2) is 42.6 Å². The summed E-state index contributed by atoms with van der Waals surface area (Å²) in [5.74, 6) is 2.08. The topological polar surface area (TPSA) is 53.6 Å². The summed E-state index contributed by atoms with van der Waals surface area (Å²) < 4.78 is 0. The summed E-state index contributed by atoms with van der Waals surface area (Å²) in [6, 6.07) is 0. The molecule has 1 atom stereocenters. The smallest absolute Gasteiger partial charge is 0.188 e. The number of nitrogens with zero attached hydrogens (tertiary/aromatic N) is 2. The number of hydrogen-bond acceptors (Lipinski definition) is 2. The van der Waals surface area contributed by atoms with Crippen LogP contribution in [0.15, 0.2) is 4.99 Å². The molecule has 20 heavy (non-hydrogen) atoms. The van der Waals surface area contributed by atoms with Gasteiger partial charge < -0.3 is 11.1 Å². The van der Waals surface area contributed by atoms with Crippen LogP contribution in [0.1, 0.15) is 53.9 Å². The fraction of sp³-hybridized carbons (Fsp3) is 0.938. The average molecular weight is 282 g/mol. The Hall–Kier alpha value is -0.770. The summed E-state index contributed by atoms with van der Waals surface area (Å²) in [6.07, 6.45) is 3.79. The van der Waals surface area contributed by atoms with Gasteiger partial charge >= 0.3 is 0 Å². The predicted octanol–water partition coefficient (Wildman–Crippen LogP) is 2.45. The van der Waals surface area contributed by atoms with Crippen molar-refractivity contribution in [3.8, 4) is 0 Å². The van der Waals surface area contributed by atoms with E-state index in [4.69, 9.17) is 5.73 Å². The number of nitrogens with two attached hydrogens (primary N) is 1. The van der Waals surface area contributed by atoms with Crippen molar-refractivity contribution in [2.75, 3.05) is 26.2 Å². The number of hydrogen-bond donors (Lipinski definition) is 2. The van der Waals surface area contributed by atoms with E-state index in [1.54, 1.807) is 0 Å². The first-order valence-corrected chi connectivity index (χ1v) is 8.10. The zero-order valence-electron chi connectivity index (χ0n) is 14.1. The Kier molecular flexibility index (Phi) is 6.80. The molecule has 0 amide bonds. The molecule has 0 bridgehead atoms. The van der Waals surface area contributed by atoms with E-state index in [0.717, 1.165) is 25.4 Å². The molecule has 0 saturated carbocycles. The molecule has 0 aromatic heterocycles. The lowest BCUT2D eigenvalue weighted by atomic mass is 9.94. The first-order valence-electron chi connectivity index (χ1n) is 8.10. The van der Waals surface area contributed by atoms with Gasteiger partial charge in [0.1, 0.15) is 0 Å². The van der Waals surface area contributed by atoms with Crippen LogP contribution in [0.5, 0.6) is 0 Å². The maximum Gasteiger partial charge on any atom is 0.188 e. The SMILES string of the molecule is CC(C)CCNC(N)=NCC(C)(C)N1CCCC(C)C1. The van der Waals surface area contributed by atoms with Gasteiger partial charge in [-0.3, -0.25) is 9.89 Å². The molecule has 1 rings (SSSR count). The van der Waals surface area contributed by atoms with Crippen molar-refractivity contribution >= 4 is 5.96 Å². The van der Waals surface area contributed by atoms with Crippen molar-refractivity contribution in [3.05, 3.63) is 0 Å². The lowest BCUT2D eigenvalue weighted by molar-refractivity contribution is 0.0775. The van der Waals surface area contributed by atoms with Crippen LogP contribution in [0.2, 0.25) is 0 Å². The van der Waals surface area contributed by atoms with Gasteiger partial charge in [-0.1, -0.05) is 20.8 Å². The summed E-state index contributed by atoms with van der Waals surface area (Å²) in [6.45, 7) is 15.4. The Balaban J connectivity index is 2.40. The number of aliphatic imine (C=N–C) groups is 1. The third kappa shape index (κ3) is 6.12. The van der Waals surface area contributed by atoms with E-state index in [1.165, 1.54) is 25.9 Å². The third-order valence-corrected chi connectivity index (χ3v) is 4.18. The zero-order valence-corrected chi connectivity index (χ0v) is 14.1. The lowest BCUT2D eigenvalue weighted by Gasteiger charge is -2.42. The highest BCUT2D eigenvalue weighted by Gasteiger charge is 2.29. The Labute approximate surface area is 125 Å². The molecule has 1 fully saturated rings. The van der Waals surface area contributed by atoms with E-state index in [-0.39, 0.29) is 5.54 Å². The molecule has 4 heteroatoms. The molecular weight excluding hydrogens is 248 g/mol. The highest BCUT2D eigenvalue weighted by atomic mass is 15.2. The molecule has 1 saturated heterocycles. The minimum absolute atomic E-state index is 0.0963. The van der Waals surface area contributed by atoms with Crippen molar-refractivity contribution in [2.24, 2.45) is 22.6 Å². The predicted molar refractivity (Wildman–Crippen MR) is 88.0 cm³/mol. The lowest BCUT2D eigenvalue weighted by Crippen LogP contribution is -2.51. The van der Waals surface area contributed by atoms with Crippen LogP contribution >= 0.6 is 0 Å². The van der Waals surface area contributed by atoms with Crippen LogP contribution in [-0.2, 0) is 0 Å². The van der Waals surface area contributed by atoms with Gasteiger partial charge in [0.2, 0.25) is 0 Å². The number of piperidine rings is 1. The van der Waals surface area contributed by atoms with E-state index in [9.17, 15) is 0 Å². The van der Waals surface area contributed by atoms with Crippen LogP contribution in [0, 0.1) is 11.8 Å². The van der Waals surface area contributed by atoms with Gasteiger partial charge in [-0.05, 0) is 51.5 Å². The summed E-state index contributed by atoms with van der Waals surface area (Å²) >= 11 is 0. The second kappa shape index (κ2) is 7.87. The van der Waals surface area contributed by atoms with Crippen LogP contribution in [0.3, 0.4) is 0 Å². The molecule has 4 nitrogen and oxygen atoms in total. The second-order valence-electron chi connectivity index (χ2n) is 7.32. The summed E-state index contributed by atoms with van der Waals surface area (Å²) in [5.41, 5.74) is 6.04. The maximum atomic E-state index is 5.94. The first kappa shape index (κ1) is 17.3. The van der Waals surface area contributed by atoms with E-state index in [0.29, 0.717) is 11.9 Å². The average Bonchev–Trinajstić information content (AvgIpc) is 2.36. The number of rotatable bonds is 6. The molecule has 0 aromatic rings. The van der Waals surface area contributed by atoms with Crippen LogP contribution in [0.25, 0.3) is 0 Å². The highest BCUT2D eigenvalue weighted by molar-refractivity contribution is 5.77. The molecule has 1 aliphatic heterocycles. The molecule has 3 N–H and O–H groups in total. The monoisotopic (exact) mass is 282 g/mol. The molecule has 118 valence electrons. The molecule has 1 heterocycles. The molecule has 0 aliphatic carbocycles. The van der Waals surface area contributed by atoms with Crippen molar-refractivity contribution < 1.29 is 0 Å². The van der Waals surface area contributed by atoms with Crippen LogP contribution < -0.4 is 11.1 Å². The molecule has 1 unspecified atom stereocenters. The standard InChI is InChI=1S/C16H34N4/c1-13(2)8-9-18-15(17)19-12-16(4,5)20-10-6-7-14(3)11-20/h13-14H,6-12H2,1-5H3,(H3,17,18,19). The third-order valence-electron chi connectivity index (χ3n) is 4.18. The van der Waals surface area contributed by atoms with Gasteiger partial charge in [0.15, 0.2) is 5.96 Å². The fourth-order valence-corrected chi connectivity index (χ4v) is 2.66. The number of nitrogens with one attached hydrogen (secondary N) is 1. The van der Waals surface area contributed by atoms with Gasteiger partial charge in [-0.25, -0.2) is 0 Å². The Morgan fingerprint density at radius 3 is 2.75 bits per heavy atom. The van der Waals surface area contributed by atoms with E-state index < -0.39 is 0 Å². The summed E-state index contributed by atoms with van der Waals surface area (Å²) in [5, 5.41) is 3.21.